The van der Waals surface area contributed by atoms with Crippen molar-refractivity contribution in [2.45, 2.75) is 0 Å². The van der Waals surface area contributed by atoms with E-state index < -0.39 is 0 Å². The molecule has 0 spiro atoms. The molecule has 0 saturated carbocycles. The molecule has 0 unspecified atom stereocenters. The second-order valence-corrected chi connectivity index (χ2v) is 3.81. The first kappa shape index (κ1) is 10.6. The number of carbonyl (C=O) groups is 1. The first-order chi connectivity index (χ1) is 8.79. The standard InChI is InChI=1S/C13H8FN3O/c14-10-3-1-8(2-4-10)12-11-9(6-18)5-15-13(11)17-7-16-12/h1-7H,(H,15,16,17). The lowest BCUT2D eigenvalue weighted by atomic mass is 10.1. The molecule has 88 valence electrons. The van der Waals surface area contributed by atoms with E-state index in [1.807, 2.05) is 0 Å². The van der Waals surface area contributed by atoms with Crippen LogP contribution < -0.4 is 0 Å². The van der Waals surface area contributed by atoms with Crippen LogP contribution in [0.4, 0.5) is 4.39 Å². The largest absolute Gasteiger partial charge is 0.345 e. The average molecular weight is 241 g/mol. The Morgan fingerprint density at radius 1 is 1.17 bits per heavy atom. The molecular weight excluding hydrogens is 233 g/mol. The monoisotopic (exact) mass is 241 g/mol. The van der Waals surface area contributed by atoms with Crippen molar-refractivity contribution in [3.8, 4) is 11.3 Å². The van der Waals surface area contributed by atoms with Crippen molar-refractivity contribution in [3.63, 3.8) is 0 Å². The van der Waals surface area contributed by atoms with Gasteiger partial charge in [0.05, 0.1) is 11.1 Å². The van der Waals surface area contributed by atoms with Crippen LogP contribution in [0.1, 0.15) is 10.4 Å². The van der Waals surface area contributed by atoms with Crippen LogP contribution in [-0.2, 0) is 0 Å². The summed E-state index contributed by atoms with van der Waals surface area (Å²) in [6.07, 6.45) is 3.74. The zero-order valence-corrected chi connectivity index (χ0v) is 9.22. The van der Waals surface area contributed by atoms with Gasteiger partial charge in [0.1, 0.15) is 17.8 Å². The van der Waals surface area contributed by atoms with E-state index in [9.17, 15) is 9.18 Å². The fourth-order valence-corrected chi connectivity index (χ4v) is 1.91. The predicted molar refractivity (Wildman–Crippen MR) is 64.7 cm³/mol. The maximum atomic E-state index is 12.9. The number of benzene rings is 1. The third-order valence-electron chi connectivity index (χ3n) is 2.74. The summed E-state index contributed by atoms with van der Waals surface area (Å²) in [5.41, 5.74) is 2.44. The van der Waals surface area contributed by atoms with Crippen molar-refractivity contribution in [1.82, 2.24) is 15.0 Å². The molecule has 0 amide bonds. The first-order valence-corrected chi connectivity index (χ1v) is 5.33. The van der Waals surface area contributed by atoms with E-state index in [4.69, 9.17) is 0 Å². The SMILES string of the molecule is O=Cc1c[nH]c2ncnc(-c3ccc(F)cc3)c12. The summed E-state index contributed by atoms with van der Waals surface area (Å²) in [7, 11) is 0. The molecule has 5 heteroatoms. The molecule has 0 aliphatic rings. The van der Waals surface area contributed by atoms with Gasteiger partial charge >= 0.3 is 0 Å². The van der Waals surface area contributed by atoms with Gasteiger partial charge in [-0.2, -0.15) is 0 Å². The Labute approximate surface area is 102 Å². The first-order valence-electron chi connectivity index (χ1n) is 5.33. The van der Waals surface area contributed by atoms with Crippen LogP contribution in [-0.4, -0.2) is 21.2 Å². The molecule has 0 aliphatic carbocycles. The van der Waals surface area contributed by atoms with Crippen LogP contribution >= 0.6 is 0 Å². The van der Waals surface area contributed by atoms with Crippen molar-refractivity contribution >= 4 is 17.3 Å². The summed E-state index contributed by atoms with van der Waals surface area (Å²) in [4.78, 5) is 22.1. The van der Waals surface area contributed by atoms with Gasteiger partial charge in [-0.1, -0.05) is 0 Å². The van der Waals surface area contributed by atoms with Gasteiger partial charge < -0.3 is 4.98 Å². The molecule has 18 heavy (non-hydrogen) atoms. The maximum absolute atomic E-state index is 12.9. The summed E-state index contributed by atoms with van der Waals surface area (Å²) in [5.74, 6) is -0.311. The van der Waals surface area contributed by atoms with Crippen molar-refractivity contribution in [2.24, 2.45) is 0 Å². The quantitative estimate of drug-likeness (QED) is 0.701. The minimum absolute atomic E-state index is 0.311. The van der Waals surface area contributed by atoms with Crippen LogP contribution in [0.3, 0.4) is 0 Å². The van der Waals surface area contributed by atoms with E-state index in [0.29, 0.717) is 22.3 Å². The number of nitrogens with zero attached hydrogens (tertiary/aromatic N) is 2. The van der Waals surface area contributed by atoms with Crippen LogP contribution in [0, 0.1) is 5.82 Å². The van der Waals surface area contributed by atoms with Crippen molar-refractivity contribution in [2.75, 3.05) is 0 Å². The Kier molecular flexibility index (Phi) is 2.37. The molecule has 4 nitrogen and oxygen atoms in total. The Hall–Kier alpha value is -2.56. The highest BCUT2D eigenvalue weighted by Crippen LogP contribution is 2.27. The van der Waals surface area contributed by atoms with Gasteiger partial charge in [-0.05, 0) is 24.3 Å². The summed E-state index contributed by atoms with van der Waals surface area (Å²) < 4.78 is 12.9. The number of aromatic nitrogens is 3. The summed E-state index contributed by atoms with van der Waals surface area (Å²) >= 11 is 0. The van der Waals surface area contributed by atoms with Gasteiger partial charge in [0.2, 0.25) is 0 Å². The summed E-state index contributed by atoms with van der Waals surface area (Å²) in [6.45, 7) is 0. The predicted octanol–water partition coefficient (Wildman–Crippen LogP) is 2.58. The Balaban J connectivity index is 2.31. The van der Waals surface area contributed by atoms with Gasteiger partial charge in [0.25, 0.3) is 0 Å². The fraction of sp³-hybridized carbons (Fsp3) is 0. The molecule has 3 rings (SSSR count). The van der Waals surface area contributed by atoms with Gasteiger partial charge in [0.15, 0.2) is 6.29 Å². The lowest BCUT2D eigenvalue weighted by Crippen LogP contribution is -1.89. The molecule has 3 aromatic rings. The van der Waals surface area contributed by atoms with E-state index in [2.05, 4.69) is 15.0 Å². The van der Waals surface area contributed by atoms with E-state index in [-0.39, 0.29) is 5.82 Å². The highest BCUT2D eigenvalue weighted by Gasteiger charge is 2.11. The Morgan fingerprint density at radius 2 is 1.94 bits per heavy atom. The second-order valence-electron chi connectivity index (χ2n) is 3.81. The van der Waals surface area contributed by atoms with Crippen molar-refractivity contribution in [1.29, 1.82) is 0 Å². The molecule has 0 saturated heterocycles. The zero-order valence-electron chi connectivity index (χ0n) is 9.22. The zero-order chi connectivity index (χ0) is 12.5. The average Bonchev–Trinajstić information content (AvgIpc) is 2.82. The van der Waals surface area contributed by atoms with Crippen LogP contribution in [0.2, 0.25) is 0 Å². The molecule has 0 atom stereocenters. The van der Waals surface area contributed by atoms with E-state index in [1.54, 1.807) is 18.3 Å². The number of hydrogen-bond donors (Lipinski definition) is 1. The lowest BCUT2D eigenvalue weighted by molar-refractivity contribution is 0.112. The molecule has 2 aromatic heterocycles. The minimum atomic E-state index is -0.311. The van der Waals surface area contributed by atoms with Crippen molar-refractivity contribution < 1.29 is 9.18 Å². The van der Waals surface area contributed by atoms with Crippen LogP contribution in [0.15, 0.2) is 36.8 Å². The highest BCUT2D eigenvalue weighted by atomic mass is 19.1. The highest BCUT2D eigenvalue weighted by molar-refractivity contribution is 6.02. The molecule has 0 radical (unpaired) electrons. The van der Waals surface area contributed by atoms with E-state index in [0.717, 1.165) is 11.8 Å². The normalized spacial score (nSPS) is 10.7. The Morgan fingerprint density at radius 3 is 2.67 bits per heavy atom. The van der Waals surface area contributed by atoms with Gasteiger partial charge in [-0.3, -0.25) is 4.79 Å². The third kappa shape index (κ3) is 1.57. The topological polar surface area (TPSA) is 58.6 Å². The smallest absolute Gasteiger partial charge is 0.152 e. The van der Waals surface area contributed by atoms with Gasteiger partial charge in [-0.25, -0.2) is 14.4 Å². The van der Waals surface area contributed by atoms with E-state index >= 15 is 0 Å². The summed E-state index contributed by atoms with van der Waals surface area (Å²) in [5, 5.41) is 0.652. The molecular formula is C13H8FN3O. The molecule has 2 heterocycles. The minimum Gasteiger partial charge on any atom is -0.345 e. The maximum Gasteiger partial charge on any atom is 0.152 e. The second kappa shape index (κ2) is 4.03. The number of carbonyl (C=O) groups excluding carboxylic acids is 1. The summed E-state index contributed by atoms with van der Waals surface area (Å²) in [6, 6.07) is 5.96. The van der Waals surface area contributed by atoms with Crippen LogP contribution in [0.25, 0.3) is 22.3 Å². The number of hydrogen-bond acceptors (Lipinski definition) is 3. The molecule has 0 bridgehead atoms. The molecule has 0 fully saturated rings. The lowest BCUT2D eigenvalue weighted by Gasteiger charge is -2.02. The van der Waals surface area contributed by atoms with Gasteiger partial charge in [0, 0.05) is 17.3 Å². The fourth-order valence-electron chi connectivity index (χ4n) is 1.91. The molecule has 1 aromatic carbocycles. The number of H-pyrrole nitrogens is 1. The third-order valence-corrected chi connectivity index (χ3v) is 2.74. The molecule has 0 aliphatic heterocycles. The number of halogens is 1. The number of aromatic amines is 1. The molecule has 1 N–H and O–H groups in total. The Bertz CT molecular complexity index is 719. The van der Waals surface area contributed by atoms with Crippen molar-refractivity contribution in [3.05, 3.63) is 48.2 Å². The number of rotatable bonds is 2. The number of aldehydes is 1. The number of nitrogens with one attached hydrogen (secondary N) is 1. The number of fused-ring (bicyclic) bond motifs is 1. The van der Waals surface area contributed by atoms with E-state index in [1.165, 1.54) is 18.5 Å². The van der Waals surface area contributed by atoms with Gasteiger partial charge in [-0.15, -0.1) is 0 Å². The van der Waals surface area contributed by atoms with Crippen LogP contribution in [0.5, 0.6) is 0 Å².